The molecule has 1 atom stereocenters. The maximum atomic E-state index is 12.5. The summed E-state index contributed by atoms with van der Waals surface area (Å²) < 4.78 is 16.5. The minimum Gasteiger partial charge on any atom is -0.462 e. The quantitative estimate of drug-likeness (QED) is 0.0351. The third kappa shape index (κ3) is 41.4. The van der Waals surface area contributed by atoms with Crippen molar-refractivity contribution in [1.29, 1.82) is 0 Å². The lowest BCUT2D eigenvalue weighted by Gasteiger charge is -2.18. The molecule has 0 bridgehead atoms. The fourth-order valence-corrected chi connectivity index (χ4v) is 7.03. The first kappa shape index (κ1) is 51.4. The largest absolute Gasteiger partial charge is 0.462 e. The summed E-state index contributed by atoms with van der Waals surface area (Å²) in [6, 6.07) is 0. The monoisotopic (exact) mass is 751 g/mol. The molecule has 0 aliphatic carbocycles. The predicted octanol–water partition coefficient (Wildman–Crippen LogP) is 14.9. The van der Waals surface area contributed by atoms with Crippen molar-refractivity contribution >= 4 is 17.9 Å². The lowest BCUT2D eigenvalue weighted by Crippen LogP contribution is -2.30. The summed E-state index contributed by atoms with van der Waals surface area (Å²) in [5, 5.41) is 0. The summed E-state index contributed by atoms with van der Waals surface area (Å²) in [4.78, 5) is 37.2. The molecule has 314 valence electrons. The second-order valence-electron chi connectivity index (χ2n) is 16.0. The molecule has 6 heteroatoms. The Labute approximate surface area is 329 Å². The molecule has 0 saturated heterocycles. The van der Waals surface area contributed by atoms with Crippen LogP contribution in [0.2, 0.25) is 0 Å². The number of esters is 3. The van der Waals surface area contributed by atoms with E-state index >= 15 is 0 Å². The molecule has 0 radical (unpaired) electrons. The van der Waals surface area contributed by atoms with Gasteiger partial charge in [-0.15, -0.1) is 0 Å². The molecule has 0 aromatic rings. The fraction of sp³-hybridized carbons (Fsp3) is 0.936. The molecule has 0 rings (SSSR count). The van der Waals surface area contributed by atoms with Crippen molar-refractivity contribution < 1.29 is 28.6 Å². The molecule has 0 heterocycles. The van der Waals surface area contributed by atoms with E-state index in [1.165, 1.54) is 161 Å². The summed E-state index contributed by atoms with van der Waals surface area (Å²) in [6.45, 7) is 6.51. The van der Waals surface area contributed by atoms with Gasteiger partial charge in [0.05, 0.1) is 0 Å². The van der Waals surface area contributed by atoms with E-state index in [9.17, 15) is 14.4 Å². The van der Waals surface area contributed by atoms with Gasteiger partial charge in [-0.1, -0.05) is 226 Å². The molecule has 0 fully saturated rings. The third-order valence-electron chi connectivity index (χ3n) is 10.6. The van der Waals surface area contributed by atoms with Crippen molar-refractivity contribution in [2.24, 2.45) is 0 Å². The van der Waals surface area contributed by atoms with Gasteiger partial charge in [-0.2, -0.15) is 0 Å². The summed E-state index contributed by atoms with van der Waals surface area (Å²) in [5.74, 6) is -0.879. The van der Waals surface area contributed by atoms with Gasteiger partial charge in [0.2, 0.25) is 0 Å². The Morgan fingerprint density at radius 2 is 0.509 bits per heavy atom. The lowest BCUT2D eigenvalue weighted by molar-refractivity contribution is -0.167. The van der Waals surface area contributed by atoms with Crippen molar-refractivity contribution in [2.45, 2.75) is 271 Å². The molecule has 0 aliphatic rings. The Morgan fingerprint density at radius 3 is 0.755 bits per heavy atom. The second-order valence-corrected chi connectivity index (χ2v) is 16.0. The Kier molecular flexibility index (Phi) is 41.8. The van der Waals surface area contributed by atoms with Gasteiger partial charge in [-0.25, -0.2) is 0 Å². The number of hydrogen-bond donors (Lipinski definition) is 0. The topological polar surface area (TPSA) is 78.9 Å². The fourth-order valence-electron chi connectivity index (χ4n) is 7.03. The molecule has 0 aromatic carbocycles. The van der Waals surface area contributed by atoms with Crippen LogP contribution in [0.5, 0.6) is 0 Å². The van der Waals surface area contributed by atoms with Crippen LogP contribution in [-0.4, -0.2) is 37.2 Å². The molecule has 0 aliphatic heterocycles. The van der Waals surface area contributed by atoms with E-state index in [0.717, 1.165) is 64.2 Å². The zero-order valence-electron chi connectivity index (χ0n) is 35.8. The Balaban J connectivity index is 3.86. The number of ether oxygens (including phenoxy) is 3. The minimum atomic E-state index is -0.755. The van der Waals surface area contributed by atoms with Gasteiger partial charge >= 0.3 is 17.9 Å². The zero-order chi connectivity index (χ0) is 38.7. The third-order valence-corrected chi connectivity index (χ3v) is 10.6. The highest BCUT2D eigenvalue weighted by atomic mass is 16.6. The van der Waals surface area contributed by atoms with Crippen LogP contribution in [0.4, 0.5) is 0 Å². The van der Waals surface area contributed by atoms with Crippen molar-refractivity contribution in [3.05, 3.63) is 0 Å². The van der Waals surface area contributed by atoms with Crippen LogP contribution < -0.4 is 0 Å². The van der Waals surface area contributed by atoms with E-state index in [4.69, 9.17) is 14.2 Å². The first-order valence-corrected chi connectivity index (χ1v) is 23.5. The van der Waals surface area contributed by atoms with Crippen LogP contribution in [0.1, 0.15) is 265 Å². The summed E-state index contributed by atoms with van der Waals surface area (Å²) in [7, 11) is 0. The molecular formula is C47H90O6. The van der Waals surface area contributed by atoms with Crippen molar-refractivity contribution in [3.63, 3.8) is 0 Å². The van der Waals surface area contributed by atoms with E-state index in [1.54, 1.807) is 0 Å². The summed E-state index contributed by atoms with van der Waals surface area (Å²) in [5.41, 5.74) is 0. The van der Waals surface area contributed by atoms with Gasteiger partial charge in [0.25, 0.3) is 0 Å². The lowest BCUT2D eigenvalue weighted by atomic mass is 10.0. The molecule has 0 saturated carbocycles. The first-order chi connectivity index (χ1) is 26.0. The van der Waals surface area contributed by atoms with Gasteiger partial charge in [0.15, 0.2) is 6.10 Å². The van der Waals surface area contributed by atoms with Gasteiger partial charge < -0.3 is 14.2 Å². The van der Waals surface area contributed by atoms with E-state index in [-0.39, 0.29) is 31.1 Å². The van der Waals surface area contributed by atoms with Gasteiger partial charge in [0, 0.05) is 19.3 Å². The van der Waals surface area contributed by atoms with Crippen molar-refractivity contribution in [2.75, 3.05) is 13.2 Å². The Morgan fingerprint density at radius 1 is 0.302 bits per heavy atom. The van der Waals surface area contributed by atoms with E-state index in [2.05, 4.69) is 20.8 Å². The molecule has 0 spiro atoms. The van der Waals surface area contributed by atoms with E-state index in [0.29, 0.717) is 19.3 Å². The number of rotatable bonds is 43. The Bertz CT molecular complexity index is 783. The number of unbranched alkanes of at least 4 members (excludes halogenated alkanes) is 32. The molecule has 53 heavy (non-hydrogen) atoms. The minimum absolute atomic E-state index is 0.0652. The molecule has 6 nitrogen and oxygen atoms in total. The maximum Gasteiger partial charge on any atom is 0.306 e. The Hall–Kier alpha value is -1.59. The average molecular weight is 751 g/mol. The van der Waals surface area contributed by atoms with Gasteiger partial charge in [0.1, 0.15) is 13.2 Å². The predicted molar refractivity (Wildman–Crippen MR) is 224 cm³/mol. The zero-order valence-corrected chi connectivity index (χ0v) is 35.8. The average Bonchev–Trinajstić information content (AvgIpc) is 3.15. The van der Waals surface area contributed by atoms with Crippen LogP contribution in [-0.2, 0) is 28.6 Å². The van der Waals surface area contributed by atoms with Crippen LogP contribution in [0.25, 0.3) is 0 Å². The van der Waals surface area contributed by atoms with Crippen LogP contribution in [0, 0.1) is 0 Å². The van der Waals surface area contributed by atoms with Crippen molar-refractivity contribution in [1.82, 2.24) is 0 Å². The van der Waals surface area contributed by atoms with Crippen LogP contribution >= 0.6 is 0 Å². The summed E-state index contributed by atoms with van der Waals surface area (Å²) in [6.07, 6.45) is 44.5. The van der Waals surface area contributed by atoms with Crippen LogP contribution in [0.15, 0.2) is 0 Å². The number of carbonyl (C=O) groups is 3. The van der Waals surface area contributed by atoms with E-state index in [1.807, 2.05) is 0 Å². The van der Waals surface area contributed by atoms with Gasteiger partial charge in [-0.3, -0.25) is 14.4 Å². The maximum absolute atomic E-state index is 12.5. The van der Waals surface area contributed by atoms with E-state index < -0.39 is 6.10 Å². The normalized spacial score (nSPS) is 11.8. The molecule has 0 N–H and O–H groups in total. The standard InChI is InChI=1S/C47H90O6/c1-4-7-10-13-15-16-17-18-19-20-21-22-23-24-25-26-27-28-29-30-31-32-35-37-40-46(49)52-43-44(42-51-45(48)39-36-33-12-9-6-3)53-47(50)41-38-34-14-11-8-5-2/h44H,4-43H2,1-3H3. The SMILES string of the molecule is CCCCCCCCCCCCCCCCCCCCCCCCCCC(=O)OCC(COC(=O)CCCCCCC)OC(=O)CCCCCCCC. The highest BCUT2D eigenvalue weighted by Gasteiger charge is 2.19. The first-order valence-electron chi connectivity index (χ1n) is 23.5. The molecule has 0 amide bonds. The highest BCUT2D eigenvalue weighted by molar-refractivity contribution is 5.71. The summed E-state index contributed by atoms with van der Waals surface area (Å²) >= 11 is 0. The molecule has 0 aromatic heterocycles. The smallest absolute Gasteiger partial charge is 0.306 e. The molecular weight excluding hydrogens is 661 g/mol. The number of hydrogen-bond acceptors (Lipinski definition) is 6. The highest BCUT2D eigenvalue weighted by Crippen LogP contribution is 2.16. The van der Waals surface area contributed by atoms with Gasteiger partial charge in [-0.05, 0) is 19.3 Å². The van der Waals surface area contributed by atoms with Crippen molar-refractivity contribution in [3.8, 4) is 0 Å². The molecule has 1 unspecified atom stereocenters. The number of carbonyl (C=O) groups excluding carboxylic acids is 3. The van der Waals surface area contributed by atoms with Crippen LogP contribution in [0.3, 0.4) is 0 Å². The second kappa shape index (κ2) is 43.1.